The molecule has 0 aliphatic heterocycles. The highest BCUT2D eigenvalue weighted by Crippen LogP contribution is 2.25. The molecule has 27 heavy (non-hydrogen) atoms. The van der Waals surface area contributed by atoms with Crippen molar-refractivity contribution in [1.82, 2.24) is 20.4 Å². The van der Waals surface area contributed by atoms with Crippen LogP contribution in [0.3, 0.4) is 0 Å². The molecule has 3 rings (SSSR count). The van der Waals surface area contributed by atoms with Crippen molar-refractivity contribution in [2.24, 2.45) is 0 Å². The van der Waals surface area contributed by atoms with Gasteiger partial charge in [0.2, 0.25) is 0 Å². The largest absolute Gasteiger partial charge is 0.393 e. The molecule has 5 N–H and O–H groups in total. The van der Waals surface area contributed by atoms with Crippen LogP contribution in [0.2, 0.25) is 0 Å². The number of hydrazine groups is 1. The number of amides is 1. The van der Waals surface area contributed by atoms with Crippen molar-refractivity contribution in [2.75, 3.05) is 16.5 Å². The first kappa shape index (κ1) is 17.8. The van der Waals surface area contributed by atoms with E-state index in [1.54, 1.807) is 42.6 Å². The maximum absolute atomic E-state index is 12.1. The van der Waals surface area contributed by atoms with Gasteiger partial charge in [0, 0.05) is 23.6 Å². The molecule has 9 heteroatoms. The molecule has 3 aromatic rings. The summed E-state index contributed by atoms with van der Waals surface area (Å²) in [6.45, 7) is 1.50. The lowest BCUT2D eigenvalue weighted by atomic mass is 10.1. The predicted octanol–water partition coefficient (Wildman–Crippen LogP) is 2.16. The van der Waals surface area contributed by atoms with Gasteiger partial charge in [0.05, 0.1) is 5.56 Å². The Bertz CT molecular complexity index is 959. The Morgan fingerprint density at radius 2 is 1.74 bits per heavy atom. The molecular formula is C18H17N7O2. The number of ketones is 1. The number of hydrogen-bond acceptors (Lipinski definition) is 8. The Labute approximate surface area is 155 Å². The summed E-state index contributed by atoms with van der Waals surface area (Å²) in [5.74, 6) is 0.207. The zero-order valence-electron chi connectivity index (χ0n) is 14.4. The molecule has 0 saturated carbocycles. The minimum atomic E-state index is -0.379. The first-order valence-electron chi connectivity index (χ1n) is 7.99. The Morgan fingerprint density at radius 1 is 1.00 bits per heavy atom. The highest BCUT2D eigenvalue weighted by atomic mass is 16.2. The van der Waals surface area contributed by atoms with Gasteiger partial charge in [-0.1, -0.05) is 0 Å². The Hall–Kier alpha value is -4.01. The third kappa shape index (κ3) is 4.34. The van der Waals surface area contributed by atoms with Gasteiger partial charge in [-0.15, -0.1) is 0 Å². The van der Waals surface area contributed by atoms with Crippen molar-refractivity contribution in [3.8, 4) is 0 Å². The van der Waals surface area contributed by atoms with Gasteiger partial charge in [-0.05, 0) is 43.3 Å². The second-order valence-electron chi connectivity index (χ2n) is 5.56. The Morgan fingerprint density at radius 3 is 2.41 bits per heavy atom. The van der Waals surface area contributed by atoms with Crippen molar-refractivity contribution in [3.63, 3.8) is 0 Å². The number of hydrogen-bond donors (Lipinski definition) is 4. The molecule has 2 aromatic heterocycles. The average Bonchev–Trinajstić information content (AvgIpc) is 2.69. The fourth-order valence-corrected chi connectivity index (χ4v) is 2.20. The number of nitrogen functional groups attached to an aromatic ring is 1. The van der Waals surface area contributed by atoms with Gasteiger partial charge in [0.1, 0.15) is 12.0 Å². The third-order valence-corrected chi connectivity index (χ3v) is 3.66. The van der Waals surface area contributed by atoms with Crippen LogP contribution < -0.4 is 21.9 Å². The summed E-state index contributed by atoms with van der Waals surface area (Å²) < 4.78 is 0. The lowest BCUT2D eigenvalue weighted by molar-refractivity contribution is 0.0961. The number of pyridine rings is 1. The van der Waals surface area contributed by atoms with Gasteiger partial charge < -0.3 is 11.1 Å². The molecule has 0 spiro atoms. The van der Waals surface area contributed by atoms with Gasteiger partial charge in [-0.2, -0.15) is 0 Å². The number of nitrogens with one attached hydrogen (secondary N) is 3. The number of aromatic nitrogens is 3. The zero-order chi connectivity index (χ0) is 19.2. The van der Waals surface area contributed by atoms with Crippen LogP contribution >= 0.6 is 0 Å². The molecule has 9 nitrogen and oxygen atoms in total. The van der Waals surface area contributed by atoms with Crippen molar-refractivity contribution < 1.29 is 9.59 Å². The van der Waals surface area contributed by atoms with Crippen LogP contribution in [0.1, 0.15) is 27.6 Å². The van der Waals surface area contributed by atoms with Gasteiger partial charge in [-0.3, -0.25) is 25.4 Å². The molecule has 0 saturated heterocycles. The van der Waals surface area contributed by atoms with Crippen molar-refractivity contribution in [2.45, 2.75) is 6.92 Å². The Kier molecular flexibility index (Phi) is 5.22. The van der Waals surface area contributed by atoms with Crippen LogP contribution in [0.15, 0.2) is 55.1 Å². The number of anilines is 4. The first-order chi connectivity index (χ1) is 13.0. The monoisotopic (exact) mass is 363 g/mol. The molecule has 2 heterocycles. The molecular weight excluding hydrogens is 346 g/mol. The fourth-order valence-electron chi connectivity index (χ4n) is 2.20. The predicted molar refractivity (Wildman–Crippen MR) is 101 cm³/mol. The molecule has 0 unspecified atom stereocenters. The van der Waals surface area contributed by atoms with Gasteiger partial charge >= 0.3 is 0 Å². The van der Waals surface area contributed by atoms with Crippen LogP contribution in [-0.4, -0.2) is 26.6 Å². The van der Waals surface area contributed by atoms with E-state index < -0.39 is 0 Å². The van der Waals surface area contributed by atoms with Gasteiger partial charge in [0.15, 0.2) is 17.4 Å². The number of Topliss-reactive ketones (excluding diaryl/α,β-unsaturated/α-hetero) is 1. The summed E-state index contributed by atoms with van der Waals surface area (Å²) in [7, 11) is 0. The second kappa shape index (κ2) is 7.91. The number of rotatable bonds is 6. The van der Waals surface area contributed by atoms with E-state index in [1.807, 2.05) is 0 Å². The summed E-state index contributed by atoms with van der Waals surface area (Å²) in [5, 5.41) is 3.05. The van der Waals surface area contributed by atoms with Gasteiger partial charge in [-0.25, -0.2) is 9.97 Å². The first-order valence-corrected chi connectivity index (χ1v) is 7.99. The minimum absolute atomic E-state index is 0.0149. The van der Waals surface area contributed by atoms with E-state index in [0.717, 1.165) is 0 Å². The number of nitrogens with zero attached hydrogens (tertiary/aromatic N) is 3. The lowest BCUT2D eigenvalue weighted by Gasteiger charge is -2.13. The maximum atomic E-state index is 12.1. The molecule has 0 aliphatic carbocycles. The second-order valence-corrected chi connectivity index (χ2v) is 5.56. The van der Waals surface area contributed by atoms with E-state index in [2.05, 4.69) is 31.1 Å². The molecule has 0 radical (unpaired) electrons. The van der Waals surface area contributed by atoms with E-state index in [4.69, 9.17) is 5.73 Å². The average molecular weight is 363 g/mol. The molecule has 136 valence electrons. The Balaban J connectivity index is 1.70. The van der Waals surface area contributed by atoms with Crippen LogP contribution in [-0.2, 0) is 0 Å². The lowest BCUT2D eigenvalue weighted by Crippen LogP contribution is -2.30. The molecule has 0 atom stereocenters. The van der Waals surface area contributed by atoms with E-state index >= 15 is 0 Å². The molecule has 0 bridgehead atoms. The molecule has 0 fully saturated rings. The third-order valence-electron chi connectivity index (χ3n) is 3.66. The zero-order valence-corrected chi connectivity index (χ0v) is 14.4. The summed E-state index contributed by atoms with van der Waals surface area (Å²) in [4.78, 5) is 35.4. The van der Waals surface area contributed by atoms with E-state index in [1.165, 1.54) is 19.4 Å². The summed E-state index contributed by atoms with van der Waals surface area (Å²) in [6, 6.07) is 10.2. The number of nitrogens with two attached hydrogens (primary N) is 1. The van der Waals surface area contributed by atoms with Crippen LogP contribution in [0.4, 0.5) is 23.0 Å². The number of benzene rings is 1. The van der Waals surface area contributed by atoms with Gasteiger partial charge in [0.25, 0.3) is 5.91 Å². The number of carbonyl (C=O) groups excluding carboxylic acids is 2. The van der Waals surface area contributed by atoms with Crippen molar-refractivity contribution in [1.29, 1.82) is 0 Å². The van der Waals surface area contributed by atoms with Crippen LogP contribution in [0.25, 0.3) is 0 Å². The molecule has 1 aromatic carbocycles. The smallest absolute Gasteiger partial charge is 0.271 e. The summed E-state index contributed by atoms with van der Waals surface area (Å²) in [5.41, 5.74) is 13.2. The quantitative estimate of drug-likeness (QED) is 0.386. The van der Waals surface area contributed by atoms with E-state index in [9.17, 15) is 9.59 Å². The normalized spacial score (nSPS) is 10.1. The minimum Gasteiger partial charge on any atom is -0.393 e. The topological polar surface area (TPSA) is 135 Å². The fraction of sp³-hybridized carbons (Fsp3) is 0.0556. The van der Waals surface area contributed by atoms with Crippen molar-refractivity contribution >= 4 is 34.7 Å². The summed E-state index contributed by atoms with van der Waals surface area (Å²) in [6.07, 6.45) is 4.33. The molecule has 1 amide bonds. The standard InChI is InChI=1S/C18H17N7O2/c1-11(26)12-4-6-14(7-5-12)23-16-15(19)17(22-10-21-16)24-25-18(27)13-3-2-8-20-9-13/h2-10H,19H2,1H3,(H,25,27)(H2,21,22,23,24). The maximum Gasteiger partial charge on any atom is 0.271 e. The highest BCUT2D eigenvalue weighted by molar-refractivity contribution is 5.95. The summed E-state index contributed by atoms with van der Waals surface area (Å²) >= 11 is 0. The van der Waals surface area contributed by atoms with Crippen LogP contribution in [0, 0.1) is 0 Å². The number of carbonyl (C=O) groups is 2. The highest BCUT2D eigenvalue weighted by Gasteiger charge is 2.11. The SMILES string of the molecule is CC(=O)c1ccc(Nc2ncnc(NNC(=O)c3cccnc3)c2N)cc1. The van der Waals surface area contributed by atoms with E-state index in [0.29, 0.717) is 22.6 Å². The van der Waals surface area contributed by atoms with E-state index in [-0.39, 0.29) is 23.2 Å². The van der Waals surface area contributed by atoms with Crippen LogP contribution in [0.5, 0.6) is 0 Å². The molecule has 0 aliphatic rings. The van der Waals surface area contributed by atoms with Crippen molar-refractivity contribution in [3.05, 3.63) is 66.2 Å².